The zero-order chi connectivity index (χ0) is 15.5. The van der Waals surface area contributed by atoms with Crippen molar-refractivity contribution in [2.75, 3.05) is 13.1 Å². The standard InChI is InChI=1S/C18H21NO3/c20-15-8-6-14(7-9-15)18-16(21)11-19(12-17(18)22)10-13-4-2-1-3-5-13/h1-9,16-18,20-22H,10-12H2. The van der Waals surface area contributed by atoms with Crippen molar-refractivity contribution in [3.63, 3.8) is 0 Å². The summed E-state index contributed by atoms with van der Waals surface area (Å²) in [6, 6.07) is 16.8. The highest BCUT2D eigenvalue weighted by molar-refractivity contribution is 5.30. The molecule has 1 aliphatic heterocycles. The van der Waals surface area contributed by atoms with Gasteiger partial charge in [-0.2, -0.15) is 0 Å². The number of aromatic hydroxyl groups is 1. The minimum Gasteiger partial charge on any atom is -0.508 e. The van der Waals surface area contributed by atoms with Gasteiger partial charge in [-0.05, 0) is 23.3 Å². The molecule has 0 saturated carbocycles. The Bertz CT molecular complexity index is 587. The van der Waals surface area contributed by atoms with Crippen LogP contribution in [0, 0.1) is 0 Å². The van der Waals surface area contributed by atoms with Crippen LogP contribution in [0.25, 0.3) is 0 Å². The van der Waals surface area contributed by atoms with Crippen molar-refractivity contribution < 1.29 is 15.3 Å². The van der Waals surface area contributed by atoms with Gasteiger partial charge in [0.2, 0.25) is 0 Å². The summed E-state index contributed by atoms with van der Waals surface area (Å²) in [5, 5.41) is 30.3. The second-order valence-electron chi connectivity index (χ2n) is 5.93. The van der Waals surface area contributed by atoms with E-state index >= 15 is 0 Å². The molecule has 2 unspecified atom stereocenters. The first-order chi connectivity index (χ1) is 10.6. The molecule has 0 radical (unpaired) electrons. The highest BCUT2D eigenvalue weighted by Gasteiger charge is 2.35. The van der Waals surface area contributed by atoms with E-state index in [0.29, 0.717) is 13.1 Å². The lowest BCUT2D eigenvalue weighted by molar-refractivity contribution is -0.0321. The molecular formula is C18H21NO3. The van der Waals surface area contributed by atoms with Crippen LogP contribution in [0.2, 0.25) is 0 Å². The average Bonchev–Trinajstić information content (AvgIpc) is 2.49. The number of benzene rings is 2. The number of rotatable bonds is 3. The number of piperidine rings is 1. The van der Waals surface area contributed by atoms with Crippen LogP contribution in [-0.4, -0.2) is 45.5 Å². The number of nitrogens with zero attached hydrogens (tertiary/aromatic N) is 1. The molecule has 1 fully saturated rings. The second-order valence-corrected chi connectivity index (χ2v) is 5.93. The Morgan fingerprint density at radius 1 is 0.864 bits per heavy atom. The fraction of sp³-hybridized carbons (Fsp3) is 0.333. The van der Waals surface area contributed by atoms with Crippen LogP contribution in [0.1, 0.15) is 17.0 Å². The molecule has 0 aliphatic carbocycles. The Morgan fingerprint density at radius 3 is 2.05 bits per heavy atom. The minimum absolute atomic E-state index is 0.189. The van der Waals surface area contributed by atoms with Gasteiger partial charge >= 0.3 is 0 Å². The first-order valence-electron chi connectivity index (χ1n) is 7.55. The van der Waals surface area contributed by atoms with Crippen LogP contribution < -0.4 is 0 Å². The maximum Gasteiger partial charge on any atom is 0.115 e. The van der Waals surface area contributed by atoms with E-state index in [9.17, 15) is 15.3 Å². The van der Waals surface area contributed by atoms with Gasteiger partial charge in [0.05, 0.1) is 12.2 Å². The van der Waals surface area contributed by atoms with Gasteiger partial charge in [0.15, 0.2) is 0 Å². The largest absolute Gasteiger partial charge is 0.508 e. The lowest BCUT2D eigenvalue weighted by Crippen LogP contribution is -2.50. The summed E-state index contributed by atoms with van der Waals surface area (Å²) in [5.41, 5.74) is 2.03. The summed E-state index contributed by atoms with van der Waals surface area (Å²) in [7, 11) is 0. The Morgan fingerprint density at radius 2 is 1.45 bits per heavy atom. The second kappa shape index (κ2) is 6.48. The van der Waals surface area contributed by atoms with E-state index in [1.165, 1.54) is 5.56 Å². The van der Waals surface area contributed by atoms with Crippen molar-refractivity contribution in [2.24, 2.45) is 0 Å². The van der Waals surface area contributed by atoms with E-state index in [1.807, 2.05) is 30.3 Å². The summed E-state index contributed by atoms with van der Waals surface area (Å²) in [6.45, 7) is 1.77. The fourth-order valence-corrected chi connectivity index (χ4v) is 3.20. The first kappa shape index (κ1) is 15.0. The topological polar surface area (TPSA) is 63.9 Å². The summed E-state index contributed by atoms with van der Waals surface area (Å²) in [5.74, 6) is -0.123. The lowest BCUT2D eigenvalue weighted by Gasteiger charge is -2.39. The molecule has 2 atom stereocenters. The van der Waals surface area contributed by atoms with Crippen LogP contribution in [0.5, 0.6) is 5.75 Å². The van der Waals surface area contributed by atoms with Gasteiger partial charge in [-0.1, -0.05) is 42.5 Å². The Labute approximate surface area is 130 Å². The van der Waals surface area contributed by atoms with Gasteiger partial charge in [-0.25, -0.2) is 0 Å². The molecule has 2 aromatic carbocycles. The molecular weight excluding hydrogens is 278 g/mol. The quantitative estimate of drug-likeness (QED) is 0.807. The third-order valence-corrected chi connectivity index (χ3v) is 4.25. The molecule has 116 valence electrons. The number of phenols is 1. The van der Waals surface area contributed by atoms with Crippen LogP contribution in [0.3, 0.4) is 0 Å². The van der Waals surface area contributed by atoms with Crippen molar-refractivity contribution in [2.45, 2.75) is 24.7 Å². The molecule has 0 bridgehead atoms. The molecule has 0 aromatic heterocycles. The fourth-order valence-electron chi connectivity index (χ4n) is 3.20. The molecule has 4 nitrogen and oxygen atoms in total. The molecule has 2 aromatic rings. The van der Waals surface area contributed by atoms with Crippen molar-refractivity contribution in [1.82, 2.24) is 4.90 Å². The van der Waals surface area contributed by atoms with Crippen LogP contribution >= 0.6 is 0 Å². The number of β-amino-alcohol motifs (C(OH)–C–C–N with tert-alkyl or cyclic N) is 2. The van der Waals surface area contributed by atoms with Crippen LogP contribution in [0.4, 0.5) is 0 Å². The van der Waals surface area contributed by atoms with Gasteiger partial charge in [-0.15, -0.1) is 0 Å². The Balaban J connectivity index is 1.70. The van der Waals surface area contributed by atoms with Crippen LogP contribution in [-0.2, 0) is 6.54 Å². The molecule has 1 aliphatic rings. The maximum absolute atomic E-state index is 10.4. The zero-order valence-corrected chi connectivity index (χ0v) is 12.3. The van der Waals surface area contributed by atoms with Gasteiger partial charge < -0.3 is 15.3 Å². The first-order valence-corrected chi connectivity index (χ1v) is 7.55. The Hall–Kier alpha value is -1.88. The summed E-state index contributed by atoms with van der Waals surface area (Å²) >= 11 is 0. The third kappa shape index (κ3) is 3.30. The maximum atomic E-state index is 10.4. The van der Waals surface area contributed by atoms with Gasteiger partial charge in [-0.3, -0.25) is 4.90 Å². The molecule has 1 heterocycles. The molecule has 4 heteroatoms. The van der Waals surface area contributed by atoms with Gasteiger partial charge in [0, 0.05) is 25.6 Å². The SMILES string of the molecule is Oc1ccc(C2C(O)CN(Cc3ccccc3)CC2O)cc1. The van der Waals surface area contributed by atoms with E-state index in [1.54, 1.807) is 24.3 Å². The number of aliphatic hydroxyl groups is 2. The van der Waals surface area contributed by atoms with E-state index in [2.05, 4.69) is 4.90 Å². The van der Waals surface area contributed by atoms with Crippen molar-refractivity contribution in [3.05, 3.63) is 65.7 Å². The highest BCUT2D eigenvalue weighted by atomic mass is 16.3. The highest BCUT2D eigenvalue weighted by Crippen LogP contribution is 2.30. The molecule has 0 amide bonds. The number of likely N-dealkylation sites (tertiary alicyclic amines) is 1. The van der Waals surface area contributed by atoms with Crippen molar-refractivity contribution in [3.8, 4) is 5.75 Å². The summed E-state index contributed by atoms with van der Waals surface area (Å²) in [4.78, 5) is 2.07. The van der Waals surface area contributed by atoms with E-state index in [-0.39, 0.29) is 11.7 Å². The number of aliphatic hydroxyl groups excluding tert-OH is 2. The van der Waals surface area contributed by atoms with Crippen molar-refractivity contribution in [1.29, 1.82) is 0 Å². The Kier molecular flexibility index (Phi) is 4.43. The van der Waals surface area contributed by atoms with E-state index in [4.69, 9.17) is 0 Å². The molecule has 3 rings (SSSR count). The zero-order valence-electron chi connectivity index (χ0n) is 12.3. The molecule has 22 heavy (non-hydrogen) atoms. The molecule has 1 saturated heterocycles. The third-order valence-electron chi connectivity index (χ3n) is 4.25. The molecule has 0 spiro atoms. The number of hydrogen-bond acceptors (Lipinski definition) is 4. The van der Waals surface area contributed by atoms with Gasteiger partial charge in [0.1, 0.15) is 5.75 Å². The predicted molar refractivity (Wildman–Crippen MR) is 84.6 cm³/mol. The molecule has 3 N–H and O–H groups in total. The summed E-state index contributed by atoms with van der Waals surface area (Å²) < 4.78 is 0. The van der Waals surface area contributed by atoms with E-state index < -0.39 is 12.2 Å². The lowest BCUT2D eigenvalue weighted by atomic mass is 9.84. The number of hydrogen-bond donors (Lipinski definition) is 3. The average molecular weight is 299 g/mol. The monoisotopic (exact) mass is 299 g/mol. The minimum atomic E-state index is -0.628. The van der Waals surface area contributed by atoms with Crippen molar-refractivity contribution >= 4 is 0 Å². The van der Waals surface area contributed by atoms with Gasteiger partial charge in [0.25, 0.3) is 0 Å². The predicted octanol–water partition coefficient (Wildman–Crippen LogP) is 1.71. The van der Waals surface area contributed by atoms with Crippen LogP contribution in [0.15, 0.2) is 54.6 Å². The normalized spacial score (nSPS) is 26.0. The summed E-state index contributed by atoms with van der Waals surface area (Å²) in [6.07, 6.45) is -1.26. The smallest absolute Gasteiger partial charge is 0.115 e. The number of phenolic OH excluding ortho intramolecular Hbond substituents is 1. The van der Waals surface area contributed by atoms with E-state index in [0.717, 1.165) is 12.1 Å².